The van der Waals surface area contributed by atoms with E-state index in [4.69, 9.17) is 11.6 Å². The van der Waals surface area contributed by atoms with E-state index in [1.54, 1.807) is 0 Å². The average molecular weight is 237 g/mol. The van der Waals surface area contributed by atoms with Crippen LogP contribution in [0.4, 0.5) is 5.69 Å². The molecule has 0 bridgehead atoms. The second kappa shape index (κ2) is 4.53. The van der Waals surface area contributed by atoms with E-state index in [1.165, 1.54) is 0 Å². The molecule has 0 fully saturated rings. The minimum absolute atomic E-state index is 0.612. The Bertz CT molecular complexity index is 492. The number of rotatable bonds is 3. The molecule has 1 aromatic heterocycles. The maximum absolute atomic E-state index is 6.03. The van der Waals surface area contributed by atoms with E-state index in [0.717, 1.165) is 17.3 Å². The van der Waals surface area contributed by atoms with Crippen molar-refractivity contribution in [2.45, 2.75) is 13.5 Å². The van der Waals surface area contributed by atoms with Crippen molar-refractivity contribution in [3.05, 3.63) is 40.9 Å². The van der Waals surface area contributed by atoms with Gasteiger partial charge >= 0.3 is 0 Å². The summed E-state index contributed by atoms with van der Waals surface area (Å²) in [4.78, 5) is 0. The molecule has 0 amide bonds. The predicted octanol–water partition coefficient (Wildman–Crippen LogP) is 2.39. The summed E-state index contributed by atoms with van der Waals surface area (Å²) in [6.07, 6.45) is 0. The Labute approximate surface area is 99.3 Å². The number of hydrogen-bond acceptors (Lipinski definition) is 3. The zero-order valence-corrected chi connectivity index (χ0v) is 9.99. The van der Waals surface area contributed by atoms with Crippen molar-refractivity contribution in [1.82, 2.24) is 14.8 Å². The third-order valence-corrected chi connectivity index (χ3v) is 2.82. The van der Waals surface area contributed by atoms with Gasteiger partial charge < -0.3 is 9.88 Å². The maximum Gasteiger partial charge on any atom is 0.152 e. The van der Waals surface area contributed by atoms with Gasteiger partial charge in [0.25, 0.3) is 0 Å². The van der Waals surface area contributed by atoms with Crippen molar-refractivity contribution in [2.75, 3.05) is 5.32 Å². The zero-order valence-electron chi connectivity index (χ0n) is 9.24. The second-order valence-electron chi connectivity index (χ2n) is 3.56. The lowest BCUT2D eigenvalue weighted by molar-refractivity contribution is 0.789. The van der Waals surface area contributed by atoms with E-state index < -0.39 is 0 Å². The quantitative estimate of drug-likeness (QED) is 0.890. The number of anilines is 1. The Balaban J connectivity index is 2.08. The molecular formula is C11H13ClN4. The van der Waals surface area contributed by atoms with E-state index in [9.17, 15) is 0 Å². The highest BCUT2D eigenvalue weighted by Gasteiger charge is 2.05. The molecule has 0 aliphatic rings. The van der Waals surface area contributed by atoms with Crippen LogP contribution in [0.15, 0.2) is 24.3 Å². The third kappa shape index (κ3) is 2.17. The van der Waals surface area contributed by atoms with Crippen molar-refractivity contribution in [3.63, 3.8) is 0 Å². The Morgan fingerprint density at radius 3 is 2.69 bits per heavy atom. The summed E-state index contributed by atoms with van der Waals surface area (Å²) in [5.74, 6) is 1.79. The van der Waals surface area contributed by atoms with Crippen molar-refractivity contribution in [3.8, 4) is 0 Å². The first-order valence-electron chi connectivity index (χ1n) is 5.02. The number of aryl methyl sites for hydroxylation is 1. The first-order valence-corrected chi connectivity index (χ1v) is 5.39. The maximum atomic E-state index is 6.03. The lowest BCUT2D eigenvalue weighted by atomic mass is 10.3. The fourth-order valence-electron chi connectivity index (χ4n) is 1.38. The molecule has 16 heavy (non-hydrogen) atoms. The Morgan fingerprint density at radius 1 is 1.31 bits per heavy atom. The Morgan fingerprint density at radius 2 is 2.06 bits per heavy atom. The van der Waals surface area contributed by atoms with Crippen molar-refractivity contribution >= 4 is 17.3 Å². The highest BCUT2D eigenvalue weighted by Crippen LogP contribution is 2.20. The SMILES string of the molecule is Cc1nnc(CNc2ccccc2Cl)n1C. The first kappa shape index (κ1) is 11.0. The summed E-state index contributed by atoms with van der Waals surface area (Å²) in [7, 11) is 1.94. The minimum atomic E-state index is 0.612. The number of nitrogens with one attached hydrogen (secondary N) is 1. The molecule has 0 aliphatic carbocycles. The van der Waals surface area contributed by atoms with Crippen LogP contribution >= 0.6 is 11.6 Å². The molecule has 0 unspecified atom stereocenters. The van der Waals surface area contributed by atoms with Gasteiger partial charge in [0.15, 0.2) is 5.82 Å². The highest BCUT2D eigenvalue weighted by atomic mass is 35.5. The van der Waals surface area contributed by atoms with Gasteiger partial charge in [-0.1, -0.05) is 23.7 Å². The highest BCUT2D eigenvalue weighted by molar-refractivity contribution is 6.33. The third-order valence-electron chi connectivity index (χ3n) is 2.49. The van der Waals surface area contributed by atoms with Crippen LogP contribution in [0.5, 0.6) is 0 Å². The zero-order chi connectivity index (χ0) is 11.5. The molecule has 5 heteroatoms. The first-order chi connectivity index (χ1) is 7.68. The van der Waals surface area contributed by atoms with Crippen LogP contribution in [0, 0.1) is 6.92 Å². The number of benzene rings is 1. The molecule has 4 nitrogen and oxygen atoms in total. The monoisotopic (exact) mass is 236 g/mol. The lowest BCUT2D eigenvalue weighted by Gasteiger charge is -2.07. The van der Waals surface area contributed by atoms with E-state index >= 15 is 0 Å². The van der Waals surface area contributed by atoms with Gasteiger partial charge in [-0.2, -0.15) is 0 Å². The van der Waals surface area contributed by atoms with Gasteiger partial charge in [-0.15, -0.1) is 10.2 Å². The van der Waals surface area contributed by atoms with Crippen LogP contribution < -0.4 is 5.32 Å². The smallest absolute Gasteiger partial charge is 0.152 e. The summed E-state index contributed by atoms with van der Waals surface area (Å²) < 4.78 is 1.95. The average Bonchev–Trinajstić information content (AvgIpc) is 2.59. The minimum Gasteiger partial charge on any atom is -0.377 e. The number of para-hydroxylation sites is 1. The molecule has 1 heterocycles. The van der Waals surface area contributed by atoms with Gasteiger partial charge in [-0.05, 0) is 19.1 Å². The van der Waals surface area contributed by atoms with Gasteiger partial charge in [-0.3, -0.25) is 0 Å². The molecule has 0 atom stereocenters. The topological polar surface area (TPSA) is 42.7 Å². The van der Waals surface area contributed by atoms with Gasteiger partial charge in [0.05, 0.1) is 17.3 Å². The number of aromatic nitrogens is 3. The van der Waals surface area contributed by atoms with Crippen LogP contribution in [-0.4, -0.2) is 14.8 Å². The van der Waals surface area contributed by atoms with Crippen molar-refractivity contribution < 1.29 is 0 Å². The second-order valence-corrected chi connectivity index (χ2v) is 3.96. The summed E-state index contributed by atoms with van der Waals surface area (Å²) in [6.45, 7) is 2.53. The summed E-state index contributed by atoms with van der Waals surface area (Å²) >= 11 is 6.03. The lowest BCUT2D eigenvalue weighted by Crippen LogP contribution is -2.06. The molecule has 84 valence electrons. The molecule has 0 radical (unpaired) electrons. The van der Waals surface area contributed by atoms with Crippen LogP contribution in [0.2, 0.25) is 5.02 Å². The van der Waals surface area contributed by atoms with Gasteiger partial charge in [0.2, 0.25) is 0 Å². The normalized spacial score (nSPS) is 10.4. The van der Waals surface area contributed by atoms with E-state index in [1.807, 2.05) is 42.8 Å². The van der Waals surface area contributed by atoms with Crippen LogP contribution in [0.1, 0.15) is 11.6 Å². The molecule has 2 rings (SSSR count). The molecular weight excluding hydrogens is 224 g/mol. The standard InChI is InChI=1S/C11H13ClN4/c1-8-14-15-11(16(8)2)7-13-10-6-4-3-5-9(10)12/h3-6,13H,7H2,1-2H3. The number of hydrogen-bond donors (Lipinski definition) is 1. The molecule has 2 aromatic rings. The molecule has 0 saturated heterocycles. The Hall–Kier alpha value is -1.55. The molecule has 1 N–H and O–H groups in total. The van der Waals surface area contributed by atoms with Crippen LogP contribution in [-0.2, 0) is 13.6 Å². The summed E-state index contributed by atoms with van der Waals surface area (Å²) in [5.41, 5.74) is 0.907. The fraction of sp³-hybridized carbons (Fsp3) is 0.273. The molecule has 0 aliphatic heterocycles. The number of halogens is 1. The molecule has 0 spiro atoms. The predicted molar refractivity (Wildman–Crippen MR) is 64.5 cm³/mol. The van der Waals surface area contributed by atoms with Crippen LogP contribution in [0.3, 0.4) is 0 Å². The van der Waals surface area contributed by atoms with Crippen molar-refractivity contribution in [2.24, 2.45) is 7.05 Å². The fourth-order valence-corrected chi connectivity index (χ4v) is 1.59. The van der Waals surface area contributed by atoms with E-state index in [0.29, 0.717) is 11.6 Å². The molecule has 1 aromatic carbocycles. The largest absolute Gasteiger partial charge is 0.377 e. The summed E-state index contributed by atoms with van der Waals surface area (Å²) in [6, 6.07) is 7.63. The van der Waals surface area contributed by atoms with Crippen LogP contribution in [0.25, 0.3) is 0 Å². The van der Waals surface area contributed by atoms with E-state index in [-0.39, 0.29) is 0 Å². The van der Waals surface area contributed by atoms with Gasteiger partial charge in [-0.25, -0.2) is 0 Å². The molecule has 0 saturated carbocycles. The van der Waals surface area contributed by atoms with E-state index in [2.05, 4.69) is 15.5 Å². The van der Waals surface area contributed by atoms with Gasteiger partial charge in [0.1, 0.15) is 5.82 Å². The summed E-state index contributed by atoms with van der Waals surface area (Å²) in [5, 5.41) is 12.0. The van der Waals surface area contributed by atoms with Gasteiger partial charge in [0, 0.05) is 7.05 Å². The number of nitrogens with zero attached hydrogens (tertiary/aromatic N) is 3. The Kier molecular flexibility index (Phi) is 3.10. The van der Waals surface area contributed by atoms with Crippen molar-refractivity contribution in [1.29, 1.82) is 0 Å².